The summed E-state index contributed by atoms with van der Waals surface area (Å²) in [4.78, 5) is 11.3. The van der Waals surface area contributed by atoms with Crippen LogP contribution in [-0.4, -0.2) is 12.5 Å². The lowest BCUT2D eigenvalue weighted by Gasteiger charge is -2.15. The number of nitrogens with one attached hydrogen (secondary N) is 1. The van der Waals surface area contributed by atoms with E-state index in [2.05, 4.69) is 11.4 Å². The van der Waals surface area contributed by atoms with Crippen LogP contribution in [0.5, 0.6) is 0 Å². The van der Waals surface area contributed by atoms with Gasteiger partial charge in [-0.05, 0) is 49.9 Å². The minimum absolute atomic E-state index is 0.0197. The number of carbonyl (C=O) groups is 1. The van der Waals surface area contributed by atoms with E-state index in [9.17, 15) is 4.79 Å². The van der Waals surface area contributed by atoms with E-state index < -0.39 is 0 Å². The van der Waals surface area contributed by atoms with Gasteiger partial charge in [0.25, 0.3) is 0 Å². The van der Waals surface area contributed by atoms with Crippen LogP contribution in [0.1, 0.15) is 22.3 Å². The van der Waals surface area contributed by atoms with Crippen LogP contribution in [-0.2, 0) is 4.79 Å². The van der Waals surface area contributed by atoms with E-state index in [0.29, 0.717) is 0 Å². The lowest BCUT2D eigenvalue weighted by Crippen LogP contribution is -2.23. The molecular weight excluding hydrogens is 188 g/mol. The van der Waals surface area contributed by atoms with Crippen LogP contribution in [0.3, 0.4) is 0 Å². The summed E-state index contributed by atoms with van der Waals surface area (Å²) in [7, 11) is 0. The highest BCUT2D eigenvalue weighted by Gasteiger charge is 2.10. The average molecular weight is 206 g/mol. The fourth-order valence-corrected chi connectivity index (χ4v) is 1.59. The van der Waals surface area contributed by atoms with Crippen molar-refractivity contribution in [1.29, 1.82) is 0 Å². The number of nitrogens with two attached hydrogens (primary N) is 1. The molecule has 15 heavy (non-hydrogen) atoms. The monoisotopic (exact) mass is 206 g/mol. The van der Waals surface area contributed by atoms with Gasteiger partial charge in [-0.3, -0.25) is 4.79 Å². The van der Waals surface area contributed by atoms with E-state index in [1.54, 1.807) is 0 Å². The van der Waals surface area contributed by atoms with Gasteiger partial charge >= 0.3 is 0 Å². The van der Waals surface area contributed by atoms with Gasteiger partial charge in [-0.15, -0.1) is 0 Å². The Labute approximate surface area is 90.7 Å². The molecule has 0 saturated heterocycles. The van der Waals surface area contributed by atoms with Crippen LogP contribution in [0.25, 0.3) is 0 Å². The van der Waals surface area contributed by atoms with E-state index >= 15 is 0 Å². The summed E-state index contributed by atoms with van der Waals surface area (Å²) < 4.78 is 0. The van der Waals surface area contributed by atoms with Crippen LogP contribution in [0, 0.1) is 27.7 Å². The number of benzene rings is 1. The Hall–Kier alpha value is -1.35. The van der Waals surface area contributed by atoms with Gasteiger partial charge in [0.05, 0.1) is 6.54 Å². The van der Waals surface area contributed by atoms with E-state index in [-0.39, 0.29) is 12.5 Å². The minimum atomic E-state index is -0.147. The molecule has 0 bridgehead atoms. The first-order valence-corrected chi connectivity index (χ1v) is 5.04. The number of anilines is 1. The fraction of sp³-hybridized carbons (Fsp3) is 0.417. The average Bonchev–Trinajstić information content (AvgIpc) is 2.21. The molecule has 3 nitrogen and oxygen atoms in total. The maximum absolute atomic E-state index is 11.3. The third-order valence-electron chi connectivity index (χ3n) is 2.82. The number of hydrogen-bond donors (Lipinski definition) is 2. The maximum Gasteiger partial charge on any atom is 0.238 e. The van der Waals surface area contributed by atoms with Crippen molar-refractivity contribution in [2.75, 3.05) is 11.9 Å². The molecule has 1 rings (SSSR count). The number of amides is 1. The lowest BCUT2D eigenvalue weighted by atomic mass is 9.99. The minimum Gasteiger partial charge on any atom is -0.324 e. The molecule has 0 aliphatic carbocycles. The Morgan fingerprint density at radius 2 is 1.67 bits per heavy atom. The molecule has 82 valence electrons. The molecule has 0 fully saturated rings. The van der Waals surface area contributed by atoms with E-state index in [1.165, 1.54) is 11.1 Å². The fourth-order valence-electron chi connectivity index (χ4n) is 1.59. The molecule has 0 heterocycles. The van der Waals surface area contributed by atoms with Gasteiger partial charge in [0, 0.05) is 5.69 Å². The molecule has 0 saturated carbocycles. The second kappa shape index (κ2) is 4.45. The molecule has 3 N–H and O–H groups in total. The first-order valence-electron chi connectivity index (χ1n) is 5.04. The zero-order valence-electron chi connectivity index (χ0n) is 9.77. The molecule has 0 unspecified atom stereocenters. The van der Waals surface area contributed by atoms with Crippen molar-refractivity contribution in [3.8, 4) is 0 Å². The van der Waals surface area contributed by atoms with E-state index in [0.717, 1.165) is 16.8 Å². The lowest BCUT2D eigenvalue weighted by molar-refractivity contribution is -0.114. The van der Waals surface area contributed by atoms with Crippen LogP contribution < -0.4 is 11.1 Å². The molecule has 0 radical (unpaired) electrons. The Kier molecular flexibility index (Phi) is 3.48. The predicted molar refractivity (Wildman–Crippen MR) is 63.1 cm³/mol. The highest BCUT2D eigenvalue weighted by Crippen LogP contribution is 2.26. The highest BCUT2D eigenvalue weighted by atomic mass is 16.1. The smallest absolute Gasteiger partial charge is 0.238 e. The van der Waals surface area contributed by atoms with Crippen molar-refractivity contribution in [3.63, 3.8) is 0 Å². The number of rotatable bonds is 2. The van der Waals surface area contributed by atoms with Crippen LogP contribution >= 0.6 is 0 Å². The van der Waals surface area contributed by atoms with E-state index in [1.807, 2.05) is 27.7 Å². The molecule has 3 heteroatoms. The molecule has 0 aliphatic rings. The Morgan fingerprint density at radius 3 is 2.07 bits per heavy atom. The van der Waals surface area contributed by atoms with Gasteiger partial charge in [-0.25, -0.2) is 0 Å². The van der Waals surface area contributed by atoms with Gasteiger partial charge in [-0.1, -0.05) is 6.07 Å². The zero-order valence-corrected chi connectivity index (χ0v) is 9.77. The SMILES string of the molecule is Cc1cc(C)c(C)c(NC(=O)CN)c1C. The highest BCUT2D eigenvalue weighted by molar-refractivity contribution is 5.94. The molecule has 0 aromatic heterocycles. The number of aryl methyl sites for hydroxylation is 2. The normalized spacial score (nSPS) is 10.2. The summed E-state index contributed by atoms with van der Waals surface area (Å²) in [5.74, 6) is -0.147. The van der Waals surface area contributed by atoms with Crippen molar-refractivity contribution in [2.45, 2.75) is 27.7 Å². The largest absolute Gasteiger partial charge is 0.324 e. The third-order valence-corrected chi connectivity index (χ3v) is 2.82. The van der Waals surface area contributed by atoms with Crippen molar-refractivity contribution in [3.05, 3.63) is 28.3 Å². The molecule has 0 spiro atoms. The Morgan fingerprint density at radius 1 is 1.20 bits per heavy atom. The summed E-state index contributed by atoms with van der Waals surface area (Å²) in [5, 5.41) is 2.85. The Bertz CT molecular complexity index is 371. The van der Waals surface area contributed by atoms with Crippen LogP contribution in [0.15, 0.2) is 6.07 Å². The molecule has 1 amide bonds. The molecule has 1 aromatic rings. The van der Waals surface area contributed by atoms with Gasteiger partial charge in [0.2, 0.25) is 5.91 Å². The van der Waals surface area contributed by atoms with Crippen molar-refractivity contribution in [2.24, 2.45) is 5.73 Å². The topological polar surface area (TPSA) is 55.1 Å². The van der Waals surface area contributed by atoms with Crippen molar-refractivity contribution < 1.29 is 4.79 Å². The zero-order chi connectivity index (χ0) is 11.6. The third kappa shape index (κ3) is 2.36. The first kappa shape index (κ1) is 11.7. The second-order valence-corrected chi connectivity index (χ2v) is 3.89. The first-order chi connectivity index (χ1) is 6.97. The van der Waals surface area contributed by atoms with Gasteiger partial charge in [0.15, 0.2) is 0 Å². The molecular formula is C12H18N2O. The summed E-state index contributed by atoms with van der Waals surface area (Å²) in [6.07, 6.45) is 0. The summed E-state index contributed by atoms with van der Waals surface area (Å²) >= 11 is 0. The van der Waals surface area contributed by atoms with Gasteiger partial charge < -0.3 is 11.1 Å². The maximum atomic E-state index is 11.3. The molecule has 1 aromatic carbocycles. The van der Waals surface area contributed by atoms with E-state index in [4.69, 9.17) is 5.73 Å². The summed E-state index contributed by atoms with van der Waals surface area (Å²) in [5.41, 5.74) is 10.8. The predicted octanol–water partition coefficient (Wildman–Crippen LogP) is 1.82. The molecule has 0 atom stereocenters. The standard InChI is InChI=1S/C12H18N2O/c1-7-5-8(2)10(4)12(9(7)3)14-11(15)6-13/h5H,6,13H2,1-4H3,(H,14,15). The Balaban J connectivity index is 3.21. The number of carbonyl (C=O) groups excluding carboxylic acids is 1. The van der Waals surface area contributed by atoms with Crippen LogP contribution in [0.2, 0.25) is 0 Å². The van der Waals surface area contributed by atoms with Gasteiger partial charge in [-0.2, -0.15) is 0 Å². The van der Waals surface area contributed by atoms with Gasteiger partial charge in [0.1, 0.15) is 0 Å². The quantitative estimate of drug-likeness (QED) is 0.775. The number of hydrogen-bond acceptors (Lipinski definition) is 2. The van der Waals surface area contributed by atoms with Crippen molar-refractivity contribution >= 4 is 11.6 Å². The summed E-state index contributed by atoms with van der Waals surface area (Å²) in [6.45, 7) is 8.12. The summed E-state index contributed by atoms with van der Waals surface area (Å²) in [6, 6.07) is 2.13. The molecule has 0 aliphatic heterocycles. The van der Waals surface area contributed by atoms with Crippen LogP contribution in [0.4, 0.5) is 5.69 Å². The van der Waals surface area contributed by atoms with Crippen molar-refractivity contribution in [1.82, 2.24) is 0 Å². The second-order valence-electron chi connectivity index (χ2n) is 3.89.